The summed E-state index contributed by atoms with van der Waals surface area (Å²) >= 11 is 3.25. The summed E-state index contributed by atoms with van der Waals surface area (Å²) in [7, 11) is 1.56. The van der Waals surface area contributed by atoms with Gasteiger partial charge in [0.25, 0.3) is 0 Å². The van der Waals surface area contributed by atoms with Gasteiger partial charge >= 0.3 is 0 Å². The number of hydrogen-bond acceptors (Lipinski definition) is 2. The summed E-state index contributed by atoms with van der Waals surface area (Å²) in [4.78, 5) is 15.6. The lowest BCUT2D eigenvalue weighted by atomic mass is 10.0. The first-order valence-electron chi connectivity index (χ1n) is 6.25. The standard InChI is InChI=1S/C16H11BrFNO2/c1-21-10-3-5-15-11(7-10)13(8-19-15)16(20)12-6-9(17)2-4-14(12)18/h2-8,19H,1H3. The molecule has 3 rings (SSSR count). The summed E-state index contributed by atoms with van der Waals surface area (Å²) in [6.07, 6.45) is 1.59. The summed E-state index contributed by atoms with van der Waals surface area (Å²) in [5.74, 6) is -0.264. The quantitative estimate of drug-likeness (QED) is 0.717. The van der Waals surface area contributed by atoms with Crippen LogP contribution in [0.25, 0.3) is 10.9 Å². The van der Waals surface area contributed by atoms with Crippen molar-refractivity contribution in [3.63, 3.8) is 0 Å². The fourth-order valence-corrected chi connectivity index (χ4v) is 2.59. The van der Waals surface area contributed by atoms with Gasteiger partial charge in [0.05, 0.1) is 12.7 Å². The number of rotatable bonds is 3. The number of H-pyrrole nitrogens is 1. The zero-order valence-corrected chi connectivity index (χ0v) is 12.7. The van der Waals surface area contributed by atoms with Crippen LogP contribution in [0.1, 0.15) is 15.9 Å². The molecule has 0 saturated heterocycles. The Balaban J connectivity index is 2.15. The number of nitrogens with one attached hydrogen (secondary N) is 1. The van der Waals surface area contributed by atoms with Crippen LogP contribution < -0.4 is 4.74 Å². The first kappa shape index (κ1) is 13.8. The van der Waals surface area contributed by atoms with Crippen molar-refractivity contribution < 1.29 is 13.9 Å². The van der Waals surface area contributed by atoms with E-state index < -0.39 is 5.82 Å². The maximum atomic E-state index is 13.9. The second-order valence-electron chi connectivity index (χ2n) is 4.57. The SMILES string of the molecule is COc1ccc2[nH]cc(C(=O)c3cc(Br)ccc3F)c2c1. The van der Waals surface area contributed by atoms with Gasteiger partial charge in [-0.05, 0) is 36.4 Å². The molecule has 1 N–H and O–H groups in total. The van der Waals surface area contributed by atoms with E-state index in [2.05, 4.69) is 20.9 Å². The Kier molecular flexibility index (Phi) is 3.51. The van der Waals surface area contributed by atoms with E-state index >= 15 is 0 Å². The zero-order valence-electron chi connectivity index (χ0n) is 11.1. The number of halogens is 2. The number of hydrogen-bond donors (Lipinski definition) is 1. The van der Waals surface area contributed by atoms with Gasteiger partial charge in [0.15, 0.2) is 5.78 Å². The maximum absolute atomic E-state index is 13.9. The number of aromatic nitrogens is 1. The van der Waals surface area contributed by atoms with E-state index in [4.69, 9.17) is 4.74 Å². The number of ketones is 1. The third kappa shape index (κ3) is 2.45. The number of aromatic amines is 1. The van der Waals surface area contributed by atoms with E-state index in [1.807, 2.05) is 6.07 Å². The number of methoxy groups -OCH3 is 1. The van der Waals surface area contributed by atoms with Crippen molar-refractivity contribution in [1.29, 1.82) is 0 Å². The fourth-order valence-electron chi connectivity index (χ4n) is 2.23. The molecule has 21 heavy (non-hydrogen) atoms. The van der Waals surface area contributed by atoms with Crippen LogP contribution in [0.2, 0.25) is 0 Å². The van der Waals surface area contributed by atoms with Crippen molar-refractivity contribution in [3.05, 3.63) is 64.0 Å². The molecule has 0 spiro atoms. The molecule has 0 unspecified atom stereocenters. The number of fused-ring (bicyclic) bond motifs is 1. The molecule has 0 saturated carbocycles. The number of ether oxygens (including phenoxy) is 1. The highest BCUT2D eigenvalue weighted by Gasteiger charge is 2.18. The van der Waals surface area contributed by atoms with Crippen LogP contribution in [0, 0.1) is 5.82 Å². The molecule has 1 aromatic heterocycles. The summed E-state index contributed by atoms with van der Waals surface area (Å²) in [6.45, 7) is 0. The average molecular weight is 348 g/mol. The molecule has 106 valence electrons. The highest BCUT2D eigenvalue weighted by molar-refractivity contribution is 9.10. The van der Waals surface area contributed by atoms with Crippen LogP contribution in [0.4, 0.5) is 4.39 Å². The van der Waals surface area contributed by atoms with Crippen LogP contribution in [0.15, 0.2) is 47.1 Å². The summed E-state index contributed by atoms with van der Waals surface area (Å²) in [6, 6.07) is 9.69. The van der Waals surface area contributed by atoms with Crippen molar-refractivity contribution >= 4 is 32.6 Å². The molecular weight excluding hydrogens is 337 g/mol. The van der Waals surface area contributed by atoms with Crippen molar-refractivity contribution in [3.8, 4) is 5.75 Å². The molecule has 0 aliphatic heterocycles. The smallest absolute Gasteiger partial charge is 0.198 e. The topological polar surface area (TPSA) is 42.1 Å². The van der Waals surface area contributed by atoms with E-state index in [1.54, 1.807) is 31.5 Å². The lowest BCUT2D eigenvalue weighted by molar-refractivity contribution is 0.103. The average Bonchev–Trinajstić information content (AvgIpc) is 2.91. The zero-order chi connectivity index (χ0) is 15.0. The molecule has 2 aromatic carbocycles. The molecule has 3 nitrogen and oxygen atoms in total. The Morgan fingerprint density at radius 1 is 1.19 bits per heavy atom. The van der Waals surface area contributed by atoms with Crippen molar-refractivity contribution in [2.45, 2.75) is 0 Å². The van der Waals surface area contributed by atoms with Gasteiger partial charge in [-0.25, -0.2) is 4.39 Å². The fraction of sp³-hybridized carbons (Fsp3) is 0.0625. The highest BCUT2D eigenvalue weighted by Crippen LogP contribution is 2.27. The molecule has 0 aliphatic carbocycles. The van der Waals surface area contributed by atoms with Gasteiger partial charge in [-0.1, -0.05) is 15.9 Å². The number of carbonyl (C=O) groups excluding carboxylic acids is 1. The first-order valence-corrected chi connectivity index (χ1v) is 7.04. The first-order chi connectivity index (χ1) is 10.1. The second-order valence-corrected chi connectivity index (χ2v) is 5.48. The Morgan fingerprint density at radius 3 is 2.76 bits per heavy atom. The van der Waals surface area contributed by atoms with Crippen molar-refractivity contribution in [2.75, 3.05) is 7.11 Å². The Morgan fingerprint density at radius 2 is 2.00 bits per heavy atom. The second kappa shape index (κ2) is 5.33. The Bertz CT molecular complexity index is 841. The minimum Gasteiger partial charge on any atom is -0.497 e. The molecule has 0 fully saturated rings. The summed E-state index contributed by atoms with van der Waals surface area (Å²) in [5.41, 5.74) is 1.25. The third-order valence-electron chi connectivity index (χ3n) is 3.31. The predicted octanol–water partition coefficient (Wildman–Crippen LogP) is 4.31. The van der Waals surface area contributed by atoms with E-state index in [9.17, 15) is 9.18 Å². The highest BCUT2D eigenvalue weighted by atomic mass is 79.9. The largest absolute Gasteiger partial charge is 0.497 e. The van der Waals surface area contributed by atoms with E-state index in [0.717, 1.165) is 5.52 Å². The van der Waals surface area contributed by atoms with Gasteiger partial charge in [-0.15, -0.1) is 0 Å². The predicted molar refractivity (Wildman–Crippen MR) is 82.4 cm³/mol. The molecule has 0 radical (unpaired) electrons. The Labute approximate surface area is 128 Å². The molecule has 5 heteroatoms. The van der Waals surface area contributed by atoms with Crippen LogP contribution in [-0.4, -0.2) is 17.9 Å². The molecule has 0 aliphatic rings. The summed E-state index contributed by atoms with van der Waals surface area (Å²) < 4.78 is 19.7. The van der Waals surface area contributed by atoms with Gasteiger partial charge < -0.3 is 9.72 Å². The van der Waals surface area contributed by atoms with Crippen molar-refractivity contribution in [1.82, 2.24) is 4.98 Å². The monoisotopic (exact) mass is 347 g/mol. The molecule has 1 heterocycles. The third-order valence-corrected chi connectivity index (χ3v) is 3.80. The van der Waals surface area contributed by atoms with Crippen LogP contribution in [0.5, 0.6) is 5.75 Å². The molecule has 0 amide bonds. The van der Waals surface area contributed by atoms with Crippen molar-refractivity contribution in [2.24, 2.45) is 0 Å². The minimum atomic E-state index is -0.541. The lowest BCUT2D eigenvalue weighted by Gasteiger charge is -2.04. The summed E-state index contributed by atoms with van der Waals surface area (Å²) in [5, 5.41) is 0.707. The van der Waals surface area contributed by atoms with E-state index in [0.29, 0.717) is 21.2 Å². The minimum absolute atomic E-state index is 0.0353. The van der Waals surface area contributed by atoms with E-state index in [-0.39, 0.29) is 11.3 Å². The molecule has 0 atom stereocenters. The maximum Gasteiger partial charge on any atom is 0.198 e. The van der Waals surface area contributed by atoms with Crippen LogP contribution >= 0.6 is 15.9 Å². The lowest BCUT2D eigenvalue weighted by Crippen LogP contribution is -2.03. The van der Waals surface area contributed by atoms with Crippen LogP contribution in [0.3, 0.4) is 0 Å². The number of benzene rings is 2. The Hall–Kier alpha value is -2.14. The normalized spacial score (nSPS) is 10.8. The molecule has 3 aromatic rings. The van der Waals surface area contributed by atoms with E-state index in [1.165, 1.54) is 12.1 Å². The number of carbonyl (C=O) groups is 1. The molecular formula is C16H11BrFNO2. The van der Waals surface area contributed by atoms with Gasteiger partial charge in [-0.2, -0.15) is 0 Å². The van der Waals surface area contributed by atoms with Crippen LogP contribution in [-0.2, 0) is 0 Å². The molecule has 0 bridgehead atoms. The van der Waals surface area contributed by atoms with Gasteiger partial charge in [0.1, 0.15) is 11.6 Å². The van der Waals surface area contributed by atoms with Gasteiger partial charge in [0, 0.05) is 27.1 Å². The van der Waals surface area contributed by atoms with Gasteiger partial charge in [0.2, 0.25) is 0 Å². The van der Waals surface area contributed by atoms with Gasteiger partial charge in [-0.3, -0.25) is 4.79 Å².